The van der Waals surface area contributed by atoms with Gasteiger partial charge in [0.15, 0.2) is 0 Å². The first-order valence-corrected chi connectivity index (χ1v) is 6.15. The van der Waals surface area contributed by atoms with E-state index in [1.807, 2.05) is 45.9 Å². The summed E-state index contributed by atoms with van der Waals surface area (Å²) in [5.41, 5.74) is 0.876. The highest BCUT2D eigenvalue weighted by atomic mass is 16.6. The molecule has 1 aromatic rings. The van der Waals surface area contributed by atoms with Crippen molar-refractivity contribution in [2.24, 2.45) is 5.92 Å². The van der Waals surface area contributed by atoms with Gasteiger partial charge in [-0.15, -0.1) is 0 Å². The van der Waals surface area contributed by atoms with Gasteiger partial charge in [-0.25, -0.2) is 0 Å². The van der Waals surface area contributed by atoms with Gasteiger partial charge in [0, 0.05) is 0 Å². The van der Waals surface area contributed by atoms with E-state index in [1.54, 1.807) is 0 Å². The molecule has 0 aliphatic heterocycles. The molecule has 0 aliphatic carbocycles. The van der Waals surface area contributed by atoms with Gasteiger partial charge in [-0.1, -0.05) is 37.3 Å². The number of esters is 1. The lowest BCUT2D eigenvalue weighted by molar-refractivity contribution is -0.159. The first-order valence-electron chi connectivity index (χ1n) is 6.15. The van der Waals surface area contributed by atoms with Crippen LogP contribution in [0.5, 0.6) is 0 Å². The SMILES string of the molecule is C[C@H](CCc1ccccc1)C(=O)OC(C)(C)C. The first kappa shape index (κ1) is 13.8. The largest absolute Gasteiger partial charge is 0.460 e. The van der Waals surface area contributed by atoms with E-state index in [4.69, 9.17) is 4.74 Å². The summed E-state index contributed by atoms with van der Waals surface area (Å²) in [6, 6.07) is 10.2. The quantitative estimate of drug-likeness (QED) is 0.744. The smallest absolute Gasteiger partial charge is 0.309 e. The summed E-state index contributed by atoms with van der Waals surface area (Å²) in [5, 5.41) is 0. The first-order chi connectivity index (χ1) is 7.88. The average Bonchev–Trinajstić information content (AvgIpc) is 2.25. The number of hydrogen-bond acceptors (Lipinski definition) is 2. The Morgan fingerprint density at radius 2 is 1.82 bits per heavy atom. The molecule has 17 heavy (non-hydrogen) atoms. The minimum absolute atomic E-state index is 0.0468. The molecule has 1 aromatic carbocycles. The van der Waals surface area contributed by atoms with Gasteiger partial charge in [0.1, 0.15) is 5.60 Å². The van der Waals surface area contributed by atoms with E-state index in [-0.39, 0.29) is 11.9 Å². The van der Waals surface area contributed by atoms with Gasteiger partial charge < -0.3 is 4.74 Å². The van der Waals surface area contributed by atoms with Crippen LogP contribution in [-0.2, 0) is 16.0 Å². The van der Waals surface area contributed by atoms with E-state index in [0.29, 0.717) is 0 Å². The monoisotopic (exact) mass is 234 g/mol. The summed E-state index contributed by atoms with van der Waals surface area (Å²) in [4.78, 5) is 11.8. The zero-order valence-corrected chi connectivity index (χ0v) is 11.2. The number of aryl methyl sites for hydroxylation is 1. The van der Waals surface area contributed by atoms with Crippen LogP contribution in [0, 0.1) is 5.92 Å². The lowest BCUT2D eigenvalue weighted by atomic mass is 10.0. The summed E-state index contributed by atoms with van der Waals surface area (Å²) >= 11 is 0. The topological polar surface area (TPSA) is 26.3 Å². The molecule has 2 nitrogen and oxygen atoms in total. The Hall–Kier alpha value is -1.31. The molecule has 2 heteroatoms. The fourth-order valence-corrected chi connectivity index (χ4v) is 1.55. The molecule has 0 amide bonds. The Morgan fingerprint density at radius 1 is 1.24 bits per heavy atom. The average molecular weight is 234 g/mol. The molecule has 0 aliphatic rings. The predicted molar refractivity (Wildman–Crippen MR) is 69.8 cm³/mol. The molecule has 1 rings (SSSR count). The van der Waals surface area contributed by atoms with Crippen LogP contribution in [-0.4, -0.2) is 11.6 Å². The summed E-state index contributed by atoms with van der Waals surface area (Å²) in [6.45, 7) is 7.62. The maximum Gasteiger partial charge on any atom is 0.309 e. The van der Waals surface area contributed by atoms with Crippen molar-refractivity contribution in [1.82, 2.24) is 0 Å². The molecule has 0 heterocycles. The van der Waals surface area contributed by atoms with Gasteiger partial charge >= 0.3 is 5.97 Å². The van der Waals surface area contributed by atoms with Crippen molar-refractivity contribution in [1.29, 1.82) is 0 Å². The Balaban J connectivity index is 2.40. The van der Waals surface area contributed by atoms with Crippen LogP contribution < -0.4 is 0 Å². The van der Waals surface area contributed by atoms with Crippen LogP contribution in [0.1, 0.15) is 39.7 Å². The third kappa shape index (κ3) is 5.53. The van der Waals surface area contributed by atoms with Crippen LogP contribution in [0.25, 0.3) is 0 Å². The van der Waals surface area contributed by atoms with Gasteiger partial charge in [0.25, 0.3) is 0 Å². The molecule has 94 valence electrons. The van der Waals surface area contributed by atoms with Gasteiger partial charge in [-0.3, -0.25) is 4.79 Å². The van der Waals surface area contributed by atoms with Gasteiger partial charge in [-0.2, -0.15) is 0 Å². The number of benzene rings is 1. The second-order valence-electron chi connectivity index (χ2n) is 5.46. The van der Waals surface area contributed by atoms with Crippen LogP contribution >= 0.6 is 0 Å². The van der Waals surface area contributed by atoms with Crippen molar-refractivity contribution in [3.63, 3.8) is 0 Å². The normalized spacial score (nSPS) is 13.2. The van der Waals surface area contributed by atoms with Crippen molar-refractivity contribution >= 4 is 5.97 Å². The molecule has 0 radical (unpaired) electrons. The zero-order chi connectivity index (χ0) is 12.9. The predicted octanol–water partition coefficient (Wildman–Crippen LogP) is 3.60. The van der Waals surface area contributed by atoms with Gasteiger partial charge in [-0.05, 0) is 39.2 Å². The molecule has 0 saturated heterocycles. The molecule has 0 N–H and O–H groups in total. The Labute approximate surface area is 104 Å². The molecule has 0 fully saturated rings. The number of hydrogen-bond donors (Lipinski definition) is 0. The summed E-state index contributed by atoms with van der Waals surface area (Å²) in [7, 11) is 0. The molecule has 0 bridgehead atoms. The van der Waals surface area contributed by atoms with Crippen molar-refractivity contribution in [2.45, 2.75) is 46.1 Å². The number of carbonyl (C=O) groups is 1. The Kier molecular flexibility index (Phi) is 4.73. The van der Waals surface area contributed by atoms with E-state index in [0.717, 1.165) is 12.8 Å². The van der Waals surface area contributed by atoms with E-state index in [2.05, 4.69) is 12.1 Å². The Bertz CT molecular complexity index is 349. The second kappa shape index (κ2) is 5.85. The minimum atomic E-state index is -0.391. The maximum absolute atomic E-state index is 11.8. The summed E-state index contributed by atoms with van der Waals surface area (Å²) in [5.74, 6) is -0.150. The fraction of sp³-hybridized carbons (Fsp3) is 0.533. The molecule has 0 saturated carbocycles. The van der Waals surface area contributed by atoms with Crippen molar-refractivity contribution in [3.8, 4) is 0 Å². The Morgan fingerprint density at radius 3 is 2.35 bits per heavy atom. The maximum atomic E-state index is 11.8. The van der Waals surface area contributed by atoms with Crippen LogP contribution in [0.15, 0.2) is 30.3 Å². The molecular formula is C15H22O2. The van der Waals surface area contributed by atoms with E-state index < -0.39 is 5.60 Å². The number of ether oxygens (including phenoxy) is 1. The lowest BCUT2D eigenvalue weighted by Gasteiger charge is -2.22. The lowest BCUT2D eigenvalue weighted by Crippen LogP contribution is -2.27. The highest BCUT2D eigenvalue weighted by Gasteiger charge is 2.21. The highest BCUT2D eigenvalue weighted by Crippen LogP contribution is 2.15. The van der Waals surface area contributed by atoms with E-state index in [9.17, 15) is 4.79 Å². The molecule has 0 spiro atoms. The van der Waals surface area contributed by atoms with Gasteiger partial charge in [0.05, 0.1) is 5.92 Å². The standard InChI is InChI=1S/C15H22O2/c1-12(14(16)17-15(2,3)4)10-11-13-8-6-5-7-9-13/h5-9,12H,10-11H2,1-4H3/t12-/m1/s1. The third-order valence-corrected chi connectivity index (χ3v) is 2.52. The van der Waals surface area contributed by atoms with Crippen LogP contribution in [0.2, 0.25) is 0 Å². The number of carbonyl (C=O) groups excluding carboxylic acids is 1. The fourth-order valence-electron chi connectivity index (χ4n) is 1.55. The van der Waals surface area contributed by atoms with E-state index >= 15 is 0 Å². The second-order valence-corrected chi connectivity index (χ2v) is 5.46. The zero-order valence-electron chi connectivity index (χ0n) is 11.2. The molecule has 0 unspecified atom stereocenters. The molecule has 0 aromatic heterocycles. The third-order valence-electron chi connectivity index (χ3n) is 2.52. The summed E-state index contributed by atoms with van der Waals surface area (Å²) in [6.07, 6.45) is 1.75. The van der Waals surface area contributed by atoms with Crippen molar-refractivity contribution in [2.75, 3.05) is 0 Å². The van der Waals surface area contributed by atoms with Crippen molar-refractivity contribution < 1.29 is 9.53 Å². The van der Waals surface area contributed by atoms with Crippen LogP contribution in [0.4, 0.5) is 0 Å². The van der Waals surface area contributed by atoms with Crippen LogP contribution in [0.3, 0.4) is 0 Å². The minimum Gasteiger partial charge on any atom is -0.460 e. The van der Waals surface area contributed by atoms with E-state index in [1.165, 1.54) is 5.56 Å². The molecule has 1 atom stereocenters. The molecular weight excluding hydrogens is 212 g/mol. The van der Waals surface area contributed by atoms with Crippen molar-refractivity contribution in [3.05, 3.63) is 35.9 Å². The highest BCUT2D eigenvalue weighted by molar-refractivity contribution is 5.72. The van der Waals surface area contributed by atoms with Gasteiger partial charge in [0.2, 0.25) is 0 Å². The summed E-state index contributed by atoms with van der Waals surface area (Å²) < 4.78 is 5.35. The number of rotatable bonds is 4.